The van der Waals surface area contributed by atoms with Crippen molar-refractivity contribution in [1.29, 1.82) is 0 Å². The molecule has 2 aliphatic heterocycles. The average Bonchev–Trinajstić information content (AvgIpc) is 2.27. The van der Waals surface area contributed by atoms with Gasteiger partial charge in [0.05, 0.1) is 0 Å². The van der Waals surface area contributed by atoms with Crippen LogP contribution in [0, 0.1) is 0 Å². The van der Waals surface area contributed by atoms with Crippen molar-refractivity contribution in [3.8, 4) is 0 Å². The molecule has 0 aromatic carbocycles. The first-order chi connectivity index (χ1) is 5.25. The number of rotatable bonds is 0. The van der Waals surface area contributed by atoms with E-state index in [2.05, 4.69) is 16.8 Å². The molecule has 2 saturated heterocycles. The molecule has 0 aromatic heterocycles. The molecule has 0 aliphatic carbocycles. The van der Waals surface area contributed by atoms with Gasteiger partial charge in [-0.15, -0.1) is 11.6 Å². The zero-order valence-corrected chi connectivity index (χ0v) is 7.72. The SMILES string of the molecule is CN1CCN2CC(Cl)CC2C1. The molecule has 2 atom stereocenters. The Morgan fingerprint density at radius 2 is 2.09 bits per heavy atom. The van der Waals surface area contributed by atoms with Gasteiger partial charge in [0.2, 0.25) is 0 Å². The van der Waals surface area contributed by atoms with Crippen LogP contribution in [0.2, 0.25) is 0 Å². The fourth-order valence-corrected chi connectivity index (χ4v) is 2.52. The van der Waals surface area contributed by atoms with Crippen molar-refractivity contribution >= 4 is 11.6 Å². The Labute approximate surface area is 73.1 Å². The Kier molecular flexibility index (Phi) is 2.08. The Morgan fingerprint density at radius 1 is 1.27 bits per heavy atom. The van der Waals surface area contributed by atoms with Crippen molar-refractivity contribution in [2.75, 3.05) is 33.2 Å². The second-order valence-electron chi connectivity index (χ2n) is 3.74. The van der Waals surface area contributed by atoms with Gasteiger partial charge in [-0.25, -0.2) is 0 Å². The van der Waals surface area contributed by atoms with Crippen LogP contribution in [0.1, 0.15) is 6.42 Å². The van der Waals surface area contributed by atoms with Crippen molar-refractivity contribution in [2.45, 2.75) is 17.8 Å². The molecule has 0 bridgehead atoms. The van der Waals surface area contributed by atoms with Crippen LogP contribution in [0.5, 0.6) is 0 Å². The normalized spacial score (nSPS) is 40.9. The van der Waals surface area contributed by atoms with Gasteiger partial charge in [-0.3, -0.25) is 4.90 Å². The molecule has 64 valence electrons. The monoisotopic (exact) mass is 174 g/mol. The van der Waals surface area contributed by atoms with Gasteiger partial charge in [0.15, 0.2) is 0 Å². The summed E-state index contributed by atoms with van der Waals surface area (Å²) in [6.45, 7) is 4.74. The molecule has 0 spiro atoms. The van der Waals surface area contributed by atoms with Crippen molar-refractivity contribution in [1.82, 2.24) is 9.80 Å². The summed E-state index contributed by atoms with van der Waals surface area (Å²) in [5.41, 5.74) is 0. The summed E-state index contributed by atoms with van der Waals surface area (Å²) < 4.78 is 0. The number of fused-ring (bicyclic) bond motifs is 1. The molecule has 2 aliphatic rings. The number of hydrogen-bond acceptors (Lipinski definition) is 2. The third-order valence-electron chi connectivity index (χ3n) is 2.77. The lowest BCUT2D eigenvalue weighted by atomic mass is 10.2. The van der Waals surface area contributed by atoms with E-state index in [-0.39, 0.29) is 0 Å². The fourth-order valence-electron chi connectivity index (χ4n) is 2.14. The van der Waals surface area contributed by atoms with Gasteiger partial charge >= 0.3 is 0 Å². The first-order valence-electron chi connectivity index (χ1n) is 4.32. The van der Waals surface area contributed by atoms with Crippen molar-refractivity contribution in [2.24, 2.45) is 0 Å². The summed E-state index contributed by atoms with van der Waals surface area (Å²) in [6, 6.07) is 0.747. The smallest absolute Gasteiger partial charge is 0.0478 e. The Hall–Kier alpha value is 0.210. The average molecular weight is 175 g/mol. The largest absolute Gasteiger partial charge is 0.304 e. The van der Waals surface area contributed by atoms with E-state index < -0.39 is 0 Å². The molecular weight excluding hydrogens is 160 g/mol. The highest BCUT2D eigenvalue weighted by molar-refractivity contribution is 6.21. The van der Waals surface area contributed by atoms with Gasteiger partial charge in [0.25, 0.3) is 0 Å². The van der Waals surface area contributed by atoms with E-state index in [9.17, 15) is 0 Å². The molecular formula is C8H15ClN2. The van der Waals surface area contributed by atoms with E-state index in [1.807, 2.05) is 0 Å². The second kappa shape index (κ2) is 2.92. The van der Waals surface area contributed by atoms with E-state index in [4.69, 9.17) is 11.6 Å². The minimum absolute atomic E-state index is 0.409. The standard InChI is InChI=1S/C8H15ClN2/c1-10-2-3-11-5-7(9)4-8(11)6-10/h7-8H,2-6H2,1H3. The molecule has 0 radical (unpaired) electrons. The number of piperazine rings is 1. The van der Waals surface area contributed by atoms with Crippen LogP contribution >= 0.6 is 11.6 Å². The van der Waals surface area contributed by atoms with Crippen molar-refractivity contribution in [3.05, 3.63) is 0 Å². The molecule has 0 aromatic rings. The number of likely N-dealkylation sites (N-methyl/N-ethyl adjacent to an activating group) is 1. The second-order valence-corrected chi connectivity index (χ2v) is 4.36. The topological polar surface area (TPSA) is 6.48 Å². The minimum atomic E-state index is 0.409. The van der Waals surface area contributed by atoms with Gasteiger partial charge in [0.1, 0.15) is 0 Å². The summed E-state index contributed by atoms with van der Waals surface area (Å²) >= 11 is 6.07. The van der Waals surface area contributed by atoms with Crippen LogP contribution in [-0.2, 0) is 0 Å². The van der Waals surface area contributed by atoms with Gasteiger partial charge < -0.3 is 4.90 Å². The Balaban J connectivity index is 1.97. The van der Waals surface area contributed by atoms with Crippen LogP contribution in [0.4, 0.5) is 0 Å². The quantitative estimate of drug-likeness (QED) is 0.497. The maximum atomic E-state index is 6.07. The molecule has 2 heterocycles. The molecule has 2 rings (SSSR count). The molecule has 2 nitrogen and oxygen atoms in total. The third kappa shape index (κ3) is 1.53. The number of halogens is 1. The van der Waals surface area contributed by atoms with Crippen LogP contribution in [0.25, 0.3) is 0 Å². The van der Waals surface area contributed by atoms with Crippen LogP contribution in [-0.4, -0.2) is 54.4 Å². The van der Waals surface area contributed by atoms with Gasteiger partial charge in [-0.2, -0.15) is 0 Å². The predicted octanol–water partition coefficient (Wildman–Crippen LogP) is 0.613. The first-order valence-corrected chi connectivity index (χ1v) is 4.76. The summed E-state index contributed by atoms with van der Waals surface area (Å²) in [7, 11) is 2.19. The zero-order valence-electron chi connectivity index (χ0n) is 6.96. The van der Waals surface area contributed by atoms with E-state index in [0.29, 0.717) is 5.38 Å². The van der Waals surface area contributed by atoms with Crippen molar-refractivity contribution in [3.63, 3.8) is 0 Å². The maximum Gasteiger partial charge on any atom is 0.0478 e. The van der Waals surface area contributed by atoms with Crippen LogP contribution < -0.4 is 0 Å². The highest BCUT2D eigenvalue weighted by atomic mass is 35.5. The molecule has 2 unspecified atom stereocenters. The number of hydrogen-bond donors (Lipinski definition) is 0. The fraction of sp³-hybridized carbons (Fsp3) is 1.00. The van der Waals surface area contributed by atoms with E-state index in [0.717, 1.165) is 12.6 Å². The van der Waals surface area contributed by atoms with E-state index in [1.165, 1.54) is 26.1 Å². The molecule has 11 heavy (non-hydrogen) atoms. The summed E-state index contributed by atoms with van der Waals surface area (Å²) in [6.07, 6.45) is 1.19. The molecule has 3 heteroatoms. The Morgan fingerprint density at radius 3 is 2.91 bits per heavy atom. The summed E-state index contributed by atoms with van der Waals surface area (Å²) in [4.78, 5) is 4.92. The summed E-state index contributed by atoms with van der Waals surface area (Å²) in [5.74, 6) is 0. The molecule has 0 N–H and O–H groups in total. The van der Waals surface area contributed by atoms with Crippen LogP contribution in [0.15, 0.2) is 0 Å². The highest BCUT2D eigenvalue weighted by Crippen LogP contribution is 2.24. The zero-order chi connectivity index (χ0) is 7.84. The van der Waals surface area contributed by atoms with E-state index in [1.54, 1.807) is 0 Å². The van der Waals surface area contributed by atoms with Gasteiger partial charge in [-0.05, 0) is 13.5 Å². The first kappa shape index (κ1) is 7.84. The van der Waals surface area contributed by atoms with Gasteiger partial charge in [-0.1, -0.05) is 0 Å². The van der Waals surface area contributed by atoms with Gasteiger partial charge in [0, 0.05) is 37.6 Å². The highest BCUT2D eigenvalue weighted by Gasteiger charge is 2.33. The van der Waals surface area contributed by atoms with Crippen LogP contribution in [0.3, 0.4) is 0 Å². The molecule has 2 fully saturated rings. The minimum Gasteiger partial charge on any atom is -0.304 e. The number of nitrogens with zero attached hydrogens (tertiary/aromatic N) is 2. The molecule has 0 amide bonds. The third-order valence-corrected chi connectivity index (χ3v) is 3.08. The predicted molar refractivity (Wildman–Crippen MR) is 47.1 cm³/mol. The lowest BCUT2D eigenvalue weighted by Gasteiger charge is -2.34. The number of alkyl halides is 1. The lowest BCUT2D eigenvalue weighted by molar-refractivity contribution is 0.124. The summed E-state index contributed by atoms with van der Waals surface area (Å²) in [5, 5.41) is 0.409. The van der Waals surface area contributed by atoms with Crippen molar-refractivity contribution < 1.29 is 0 Å². The Bertz CT molecular complexity index is 151. The van der Waals surface area contributed by atoms with E-state index >= 15 is 0 Å². The maximum absolute atomic E-state index is 6.07. The molecule has 0 saturated carbocycles. The lowest BCUT2D eigenvalue weighted by Crippen LogP contribution is -2.48.